The Balaban J connectivity index is 1.82. The molecule has 2 fully saturated rings. The lowest BCUT2D eigenvalue weighted by molar-refractivity contribution is -0.135. The third-order valence-corrected chi connectivity index (χ3v) is 4.43. The predicted octanol–water partition coefficient (Wildman–Crippen LogP) is 1.68. The zero-order valence-electron chi connectivity index (χ0n) is 10.7. The van der Waals surface area contributed by atoms with Gasteiger partial charge in [0.05, 0.1) is 13.2 Å². The number of hydrogen-bond acceptors (Lipinski definition) is 3. The third-order valence-electron chi connectivity index (χ3n) is 4.43. The van der Waals surface area contributed by atoms with E-state index < -0.39 is 5.97 Å². The van der Waals surface area contributed by atoms with Crippen molar-refractivity contribution in [3.05, 3.63) is 34.2 Å². The van der Waals surface area contributed by atoms with E-state index >= 15 is 0 Å². The van der Waals surface area contributed by atoms with Gasteiger partial charge in [-0.05, 0) is 37.8 Å². The summed E-state index contributed by atoms with van der Waals surface area (Å²) in [6.45, 7) is 1.67. The van der Waals surface area contributed by atoms with Gasteiger partial charge in [-0.2, -0.15) is 0 Å². The molecule has 1 saturated carbocycles. The van der Waals surface area contributed by atoms with E-state index in [0.717, 1.165) is 38.9 Å². The van der Waals surface area contributed by atoms with Crippen LogP contribution < -0.4 is 5.56 Å². The van der Waals surface area contributed by atoms with Gasteiger partial charge in [-0.3, -0.25) is 4.79 Å². The summed E-state index contributed by atoms with van der Waals surface area (Å²) in [6.07, 6.45) is 5.66. The normalized spacial score (nSPS) is 22.1. The van der Waals surface area contributed by atoms with Crippen LogP contribution in [-0.2, 0) is 4.74 Å². The van der Waals surface area contributed by atoms with Crippen LogP contribution in [0.1, 0.15) is 42.1 Å². The van der Waals surface area contributed by atoms with Crippen molar-refractivity contribution in [3.8, 4) is 0 Å². The number of ether oxygens (including phenoxy) is 1. The van der Waals surface area contributed by atoms with Crippen LogP contribution in [0, 0.1) is 5.41 Å². The Labute approximate surface area is 110 Å². The maximum atomic E-state index is 12.1. The molecular formula is C14H17NO4. The van der Waals surface area contributed by atoms with Gasteiger partial charge in [-0.1, -0.05) is 0 Å². The SMILES string of the molecule is O=C(O)c1cccn(C2CCC3(CC2)COC3)c1=O. The number of aromatic carboxylic acids is 1. The summed E-state index contributed by atoms with van der Waals surface area (Å²) < 4.78 is 6.88. The second-order valence-electron chi connectivity index (χ2n) is 5.66. The molecule has 5 nitrogen and oxygen atoms in total. The fourth-order valence-corrected chi connectivity index (χ4v) is 3.13. The van der Waals surface area contributed by atoms with Crippen LogP contribution in [0.25, 0.3) is 0 Å². The van der Waals surface area contributed by atoms with Crippen molar-refractivity contribution in [3.63, 3.8) is 0 Å². The van der Waals surface area contributed by atoms with Crippen LogP contribution in [0.2, 0.25) is 0 Å². The van der Waals surface area contributed by atoms with E-state index in [0.29, 0.717) is 5.41 Å². The first-order valence-electron chi connectivity index (χ1n) is 6.64. The van der Waals surface area contributed by atoms with Crippen LogP contribution >= 0.6 is 0 Å². The molecular weight excluding hydrogens is 246 g/mol. The molecule has 2 heterocycles. The van der Waals surface area contributed by atoms with Crippen molar-refractivity contribution >= 4 is 5.97 Å². The summed E-state index contributed by atoms with van der Waals surface area (Å²) in [7, 11) is 0. The second-order valence-corrected chi connectivity index (χ2v) is 5.66. The molecule has 0 bridgehead atoms. The van der Waals surface area contributed by atoms with Crippen molar-refractivity contribution in [2.75, 3.05) is 13.2 Å². The van der Waals surface area contributed by atoms with Gasteiger partial charge in [0, 0.05) is 17.7 Å². The standard InChI is InChI=1S/C14H17NO4/c16-12-11(13(17)18)2-1-7-15(12)10-3-5-14(6-4-10)8-19-9-14/h1-2,7,10H,3-6,8-9H2,(H,17,18). The highest BCUT2D eigenvalue weighted by molar-refractivity contribution is 5.86. The Kier molecular flexibility index (Phi) is 2.93. The van der Waals surface area contributed by atoms with Gasteiger partial charge >= 0.3 is 5.97 Å². The summed E-state index contributed by atoms with van der Waals surface area (Å²) in [6, 6.07) is 3.13. The number of carboxylic acids is 1. The summed E-state index contributed by atoms with van der Waals surface area (Å²) in [4.78, 5) is 23.1. The van der Waals surface area contributed by atoms with Crippen molar-refractivity contribution in [2.24, 2.45) is 5.41 Å². The van der Waals surface area contributed by atoms with Crippen molar-refractivity contribution < 1.29 is 14.6 Å². The molecule has 0 aromatic carbocycles. The number of aromatic nitrogens is 1. The summed E-state index contributed by atoms with van der Waals surface area (Å²) in [5, 5.41) is 8.99. The molecule has 1 saturated heterocycles. The number of nitrogens with zero attached hydrogens (tertiary/aromatic N) is 1. The molecule has 1 spiro atoms. The highest BCUT2D eigenvalue weighted by Gasteiger charge is 2.42. The van der Waals surface area contributed by atoms with Crippen LogP contribution in [0.4, 0.5) is 0 Å². The Morgan fingerprint density at radius 3 is 2.58 bits per heavy atom. The lowest BCUT2D eigenvalue weighted by Crippen LogP contribution is -2.46. The molecule has 5 heteroatoms. The minimum absolute atomic E-state index is 0.123. The minimum Gasteiger partial charge on any atom is -0.477 e. The van der Waals surface area contributed by atoms with Gasteiger partial charge in [0.15, 0.2) is 0 Å². The lowest BCUT2D eigenvalue weighted by Gasteiger charge is -2.46. The maximum Gasteiger partial charge on any atom is 0.341 e. The van der Waals surface area contributed by atoms with Crippen LogP contribution in [0.5, 0.6) is 0 Å². The van der Waals surface area contributed by atoms with Gasteiger partial charge in [-0.15, -0.1) is 0 Å². The first-order valence-corrected chi connectivity index (χ1v) is 6.64. The van der Waals surface area contributed by atoms with Gasteiger partial charge in [0.1, 0.15) is 5.56 Å². The lowest BCUT2D eigenvalue weighted by atomic mass is 9.71. The number of carbonyl (C=O) groups is 1. The van der Waals surface area contributed by atoms with E-state index in [4.69, 9.17) is 9.84 Å². The summed E-state index contributed by atoms with van der Waals surface area (Å²) in [5.74, 6) is -1.15. The van der Waals surface area contributed by atoms with Crippen LogP contribution in [-0.4, -0.2) is 28.9 Å². The molecule has 0 amide bonds. The van der Waals surface area contributed by atoms with Gasteiger partial charge < -0.3 is 14.4 Å². The molecule has 19 heavy (non-hydrogen) atoms. The topological polar surface area (TPSA) is 68.5 Å². The number of carboxylic acid groups (broad SMARTS) is 1. The summed E-state index contributed by atoms with van der Waals surface area (Å²) >= 11 is 0. The monoisotopic (exact) mass is 263 g/mol. The van der Waals surface area contributed by atoms with Crippen molar-refractivity contribution in [1.29, 1.82) is 0 Å². The summed E-state index contributed by atoms with van der Waals surface area (Å²) in [5.41, 5.74) is -0.194. The van der Waals surface area contributed by atoms with Gasteiger partial charge in [-0.25, -0.2) is 4.79 Å². The Morgan fingerprint density at radius 2 is 2.05 bits per heavy atom. The maximum absolute atomic E-state index is 12.1. The molecule has 1 aromatic heterocycles. The first-order chi connectivity index (χ1) is 9.11. The molecule has 1 N–H and O–H groups in total. The fourth-order valence-electron chi connectivity index (χ4n) is 3.13. The Bertz CT molecular complexity index is 549. The van der Waals surface area contributed by atoms with E-state index in [1.54, 1.807) is 16.8 Å². The average Bonchev–Trinajstić information content (AvgIpc) is 2.37. The van der Waals surface area contributed by atoms with Crippen molar-refractivity contribution in [2.45, 2.75) is 31.7 Å². The zero-order chi connectivity index (χ0) is 13.5. The van der Waals surface area contributed by atoms with E-state index in [2.05, 4.69) is 0 Å². The largest absolute Gasteiger partial charge is 0.477 e. The van der Waals surface area contributed by atoms with Gasteiger partial charge in [0.2, 0.25) is 0 Å². The highest BCUT2D eigenvalue weighted by Crippen LogP contribution is 2.45. The van der Waals surface area contributed by atoms with E-state index in [1.807, 2.05) is 0 Å². The third kappa shape index (κ3) is 2.08. The molecule has 102 valence electrons. The van der Waals surface area contributed by atoms with Crippen molar-refractivity contribution in [1.82, 2.24) is 4.57 Å². The molecule has 3 rings (SSSR count). The number of hydrogen-bond donors (Lipinski definition) is 1. The number of rotatable bonds is 2. The first kappa shape index (κ1) is 12.4. The predicted molar refractivity (Wildman–Crippen MR) is 68.4 cm³/mol. The van der Waals surface area contributed by atoms with Crippen LogP contribution in [0.15, 0.2) is 23.1 Å². The average molecular weight is 263 g/mol. The molecule has 0 unspecified atom stereocenters. The number of pyridine rings is 1. The molecule has 1 aliphatic carbocycles. The smallest absolute Gasteiger partial charge is 0.341 e. The Morgan fingerprint density at radius 1 is 1.37 bits per heavy atom. The van der Waals surface area contributed by atoms with Crippen LogP contribution in [0.3, 0.4) is 0 Å². The molecule has 0 atom stereocenters. The second kappa shape index (κ2) is 4.49. The quantitative estimate of drug-likeness (QED) is 0.881. The molecule has 1 aliphatic heterocycles. The minimum atomic E-state index is -1.15. The molecule has 2 aliphatic rings. The van der Waals surface area contributed by atoms with E-state index in [-0.39, 0.29) is 17.2 Å². The fraction of sp³-hybridized carbons (Fsp3) is 0.571. The Hall–Kier alpha value is -1.62. The molecule has 0 radical (unpaired) electrons. The zero-order valence-corrected chi connectivity index (χ0v) is 10.7. The van der Waals surface area contributed by atoms with E-state index in [1.165, 1.54) is 6.07 Å². The van der Waals surface area contributed by atoms with E-state index in [9.17, 15) is 9.59 Å². The van der Waals surface area contributed by atoms with Gasteiger partial charge in [0.25, 0.3) is 5.56 Å². The molecule has 1 aromatic rings. The highest BCUT2D eigenvalue weighted by atomic mass is 16.5.